The van der Waals surface area contributed by atoms with E-state index in [0.717, 1.165) is 50.3 Å². The highest BCUT2D eigenvalue weighted by Crippen LogP contribution is 2.40. The van der Waals surface area contributed by atoms with Gasteiger partial charge in [-0.25, -0.2) is 0 Å². The molecule has 0 spiro atoms. The monoisotopic (exact) mass is 664 g/mol. The van der Waals surface area contributed by atoms with Crippen molar-refractivity contribution in [2.45, 2.75) is 0 Å². The van der Waals surface area contributed by atoms with Crippen molar-refractivity contribution in [1.29, 1.82) is 0 Å². The number of rotatable bonds is 6. The Morgan fingerprint density at radius 3 is 1.63 bits per heavy atom. The average molecular weight is 665 g/mol. The number of pyridine rings is 1. The molecule has 0 atom stereocenters. The molecule has 3 heteroatoms. The topological polar surface area (TPSA) is 29.3 Å². The van der Waals surface area contributed by atoms with Gasteiger partial charge in [-0.05, 0) is 122 Å². The second-order valence-electron chi connectivity index (χ2n) is 13.2. The molecule has 0 N–H and O–H groups in total. The lowest BCUT2D eigenvalue weighted by Gasteiger charge is -2.26. The summed E-state index contributed by atoms with van der Waals surface area (Å²) in [4.78, 5) is 6.92. The van der Waals surface area contributed by atoms with Crippen molar-refractivity contribution >= 4 is 60.7 Å². The molecule has 0 saturated carbocycles. The third kappa shape index (κ3) is 5.19. The molecule has 52 heavy (non-hydrogen) atoms. The SMILES string of the molecule is c1ccc(-c2ccc(N(c3ccc(-c4ccc5oc6cccnc6c5c4)cc3)c3ccc(-c4cc5ccccc5c5ccccc45)cc3)cc2)cc1. The number of fused-ring (bicyclic) bond motifs is 6. The van der Waals surface area contributed by atoms with Gasteiger partial charge in [0.1, 0.15) is 11.1 Å². The van der Waals surface area contributed by atoms with Crippen LogP contribution < -0.4 is 4.90 Å². The zero-order chi connectivity index (χ0) is 34.4. The van der Waals surface area contributed by atoms with Gasteiger partial charge in [-0.15, -0.1) is 0 Å². The Bertz CT molecular complexity index is 2870. The van der Waals surface area contributed by atoms with E-state index in [9.17, 15) is 0 Å². The summed E-state index contributed by atoms with van der Waals surface area (Å²) in [5, 5.41) is 6.08. The summed E-state index contributed by atoms with van der Waals surface area (Å²) < 4.78 is 6.04. The summed E-state index contributed by atoms with van der Waals surface area (Å²) in [6.45, 7) is 0. The molecule has 0 fully saturated rings. The second kappa shape index (κ2) is 12.4. The molecule has 0 bridgehead atoms. The molecular weight excluding hydrogens is 633 g/mol. The fourth-order valence-corrected chi connectivity index (χ4v) is 7.54. The van der Waals surface area contributed by atoms with Gasteiger partial charge in [0.15, 0.2) is 5.58 Å². The van der Waals surface area contributed by atoms with Crippen molar-refractivity contribution in [2.24, 2.45) is 0 Å². The lowest BCUT2D eigenvalue weighted by atomic mass is 9.93. The van der Waals surface area contributed by atoms with Gasteiger partial charge in [-0.3, -0.25) is 4.98 Å². The molecule has 10 rings (SSSR count). The minimum Gasteiger partial charge on any atom is -0.454 e. The van der Waals surface area contributed by atoms with Gasteiger partial charge in [0.2, 0.25) is 0 Å². The lowest BCUT2D eigenvalue weighted by Crippen LogP contribution is -2.09. The van der Waals surface area contributed by atoms with Crippen molar-refractivity contribution in [3.05, 3.63) is 194 Å². The second-order valence-corrected chi connectivity index (χ2v) is 13.2. The fourth-order valence-electron chi connectivity index (χ4n) is 7.54. The molecule has 0 amide bonds. The Labute approximate surface area is 301 Å². The largest absolute Gasteiger partial charge is 0.454 e. The van der Waals surface area contributed by atoms with Crippen LogP contribution in [0.15, 0.2) is 199 Å². The molecule has 2 heterocycles. The van der Waals surface area contributed by atoms with Crippen LogP contribution in [0.3, 0.4) is 0 Å². The Morgan fingerprint density at radius 1 is 0.365 bits per heavy atom. The number of benzene rings is 8. The number of hydrogen-bond acceptors (Lipinski definition) is 3. The zero-order valence-corrected chi connectivity index (χ0v) is 28.3. The molecule has 0 aliphatic carbocycles. The first-order chi connectivity index (χ1) is 25.8. The van der Waals surface area contributed by atoms with E-state index in [0.29, 0.717) is 0 Å². The van der Waals surface area contributed by atoms with Crippen LogP contribution >= 0.6 is 0 Å². The molecule has 0 radical (unpaired) electrons. The van der Waals surface area contributed by atoms with Crippen molar-refractivity contribution in [2.75, 3.05) is 4.90 Å². The third-order valence-electron chi connectivity index (χ3n) is 10.1. The Balaban J connectivity index is 1.05. The van der Waals surface area contributed by atoms with Crippen LogP contribution in [-0.2, 0) is 0 Å². The molecule has 244 valence electrons. The van der Waals surface area contributed by atoms with Gasteiger partial charge in [0.25, 0.3) is 0 Å². The van der Waals surface area contributed by atoms with Crippen molar-refractivity contribution in [3.63, 3.8) is 0 Å². The van der Waals surface area contributed by atoms with Crippen LogP contribution in [0.5, 0.6) is 0 Å². The van der Waals surface area contributed by atoms with Gasteiger partial charge in [-0.2, -0.15) is 0 Å². The van der Waals surface area contributed by atoms with Crippen LogP contribution in [0, 0.1) is 0 Å². The minimum atomic E-state index is 0.804. The quantitative estimate of drug-likeness (QED) is 0.166. The maximum atomic E-state index is 6.04. The van der Waals surface area contributed by atoms with Crippen LogP contribution in [0.2, 0.25) is 0 Å². The van der Waals surface area contributed by atoms with E-state index in [1.54, 1.807) is 0 Å². The van der Waals surface area contributed by atoms with Gasteiger partial charge < -0.3 is 9.32 Å². The maximum Gasteiger partial charge on any atom is 0.153 e. The summed E-state index contributed by atoms with van der Waals surface area (Å²) in [5.41, 5.74) is 12.9. The van der Waals surface area contributed by atoms with Gasteiger partial charge in [-0.1, -0.05) is 121 Å². The average Bonchev–Trinajstić information content (AvgIpc) is 3.60. The maximum absolute atomic E-state index is 6.04. The molecule has 2 aromatic heterocycles. The van der Waals surface area contributed by atoms with Gasteiger partial charge in [0, 0.05) is 28.6 Å². The van der Waals surface area contributed by atoms with E-state index in [-0.39, 0.29) is 0 Å². The standard InChI is InChI=1S/C49H32N2O/c1-2-9-33(10-3-1)34-16-23-39(24-17-34)51(40-25-18-35(19-26-40)37-22-29-47-46(31-37)49-48(52-47)15-8-30-50-49)41-27-20-36(21-28-41)45-32-38-11-4-5-12-42(38)43-13-6-7-14-44(43)45/h1-32H. The van der Waals surface area contributed by atoms with E-state index in [4.69, 9.17) is 4.42 Å². The summed E-state index contributed by atoms with van der Waals surface area (Å²) in [7, 11) is 0. The van der Waals surface area contributed by atoms with E-state index in [1.165, 1.54) is 43.8 Å². The lowest BCUT2D eigenvalue weighted by molar-refractivity contribution is 0.668. The summed E-state index contributed by atoms with van der Waals surface area (Å²) in [6, 6.07) is 67.1. The Hall–Kier alpha value is -6.97. The molecule has 10 aromatic rings. The number of aromatic nitrogens is 1. The van der Waals surface area contributed by atoms with Crippen LogP contribution in [0.1, 0.15) is 0 Å². The number of nitrogens with zero attached hydrogens (tertiary/aromatic N) is 2. The van der Waals surface area contributed by atoms with E-state index in [2.05, 4.69) is 180 Å². The van der Waals surface area contributed by atoms with Crippen molar-refractivity contribution in [1.82, 2.24) is 4.98 Å². The van der Waals surface area contributed by atoms with Crippen LogP contribution in [0.25, 0.3) is 77.0 Å². The first-order valence-electron chi connectivity index (χ1n) is 17.6. The highest BCUT2D eigenvalue weighted by atomic mass is 16.3. The van der Waals surface area contributed by atoms with Gasteiger partial charge in [0.05, 0.1) is 0 Å². The van der Waals surface area contributed by atoms with Crippen molar-refractivity contribution in [3.8, 4) is 33.4 Å². The molecule has 0 aliphatic heterocycles. The third-order valence-corrected chi connectivity index (χ3v) is 10.1. The van der Waals surface area contributed by atoms with E-state index >= 15 is 0 Å². The zero-order valence-electron chi connectivity index (χ0n) is 28.3. The number of hydrogen-bond donors (Lipinski definition) is 0. The van der Waals surface area contributed by atoms with Gasteiger partial charge >= 0.3 is 0 Å². The van der Waals surface area contributed by atoms with Crippen LogP contribution in [-0.4, -0.2) is 4.98 Å². The Kier molecular flexibility index (Phi) is 7.14. The summed E-state index contributed by atoms with van der Waals surface area (Å²) in [6.07, 6.45) is 1.82. The molecule has 0 aliphatic rings. The highest BCUT2D eigenvalue weighted by molar-refractivity contribution is 6.13. The molecule has 0 unspecified atom stereocenters. The predicted octanol–water partition coefficient (Wildman–Crippen LogP) is 13.8. The first-order valence-corrected chi connectivity index (χ1v) is 17.6. The Morgan fingerprint density at radius 2 is 0.923 bits per heavy atom. The first kappa shape index (κ1) is 29.9. The predicted molar refractivity (Wildman–Crippen MR) is 218 cm³/mol. The highest BCUT2D eigenvalue weighted by Gasteiger charge is 2.16. The minimum absolute atomic E-state index is 0.804. The fraction of sp³-hybridized carbons (Fsp3) is 0. The van der Waals surface area contributed by atoms with Crippen LogP contribution in [0.4, 0.5) is 17.1 Å². The summed E-state index contributed by atoms with van der Waals surface area (Å²) in [5.74, 6) is 0. The molecule has 3 nitrogen and oxygen atoms in total. The van der Waals surface area contributed by atoms with E-state index in [1.807, 2.05) is 24.4 Å². The molecule has 0 saturated heterocycles. The van der Waals surface area contributed by atoms with E-state index < -0.39 is 0 Å². The summed E-state index contributed by atoms with van der Waals surface area (Å²) >= 11 is 0. The number of furan rings is 1. The number of anilines is 3. The normalized spacial score (nSPS) is 11.5. The smallest absolute Gasteiger partial charge is 0.153 e. The molecule has 8 aromatic carbocycles. The molecular formula is C49H32N2O. The van der Waals surface area contributed by atoms with Crippen molar-refractivity contribution < 1.29 is 4.42 Å².